The number of rotatable bonds is 0. The summed E-state index contributed by atoms with van der Waals surface area (Å²) < 4.78 is 0. The van der Waals surface area contributed by atoms with E-state index in [1.165, 1.54) is 23.2 Å². The minimum absolute atomic E-state index is 0.994. The molecule has 66 valence electrons. The maximum Gasteiger partial charge on any atom is 0.0550 e. The second kappa shape index (κ2) is 3.14. The van der Waals surface area contributed by atoms with Gasteiger partial charge in [0.1, 0.15) is 0 Å². The highest BCUT2D eigenvalue weighted by molar-refractivity contribution is 5.63. The Balaban J connectivity index is 2.55. The molecule has 0 bridgehead atoms. The van der Waals surface area contributed by atoms with E-state index in [-0.39, 0.29) is 0 Å². The first kappa shape index (κ1) is 8.19. The summed E-state index contributed by atoms with van der Waals surface area (Å²) in [5, 5.41) is 0. The highest BCUT2D eigenvalue weighted by Gasteiger charge is 2.16. The average Bonchev–Trinajstić information content (AvgIpc) is 2.17. The van der Waals surface area contributed by atoms with Crippen LogP contribution in [0.1, 0.15) is 17.5 Å². The van der Waals surface area contributed by atoms with Crippen molar-refractivity contribution in [2.24, 2.45) is 0 Å². The number of hydrogen-bond donors (Lipinski definition) is 0. The third-order valence-corrected chi connectivity index (χ3v) is 2.57. The largest absolute Gasteiger partial charge is 0.301 e. The zero-order valence-corrected chi connectivity index (χ0v) is 7.88. The number of benzene rings is 1. The van der Waals surface area contributed by atoms with E-state index < -0.39 is 0 Å². The van der Waals surface area contributed by atoms with Gasteiger partial charge in [0, 0.05) is 12.6 Å². The summed E-state index contributed by atoms with van der Waals surface area (Å²) >= 11 is 0. The second-order valence-corrected chi connectivity index (χ2v) is 3.47. The number of anilines is 1. The molecule has 1 aliphatic heterocycles. The lowest BCUT2D eigenvalue weighted by Crippen LogP contribution is -2.24. The van der Waals surface area contributed by atoms with Crippen LogP contribution in [0.3, 0.4) is 0 Å². The van der Waals surface area contributed by atoms with E-state index in [4.69, 9.17) is 6.42 Å². The van der Waals surface area contributed by atoms with Crippen molar-refractivity contribution in [3.8, 4) is 12.5 Å². The van der Waals surface area contributed by atoms with E-state index in [9.17, 15) is 0 Å². The first-order chi connectivity index (χ1) is 6.33. The summed E-state index contributed by atoms with van der Waals surface area (Å²) in [6.07, 6.45) is 7.79. The molecule has 2 rings (SSSR count). The number of para-hydroxylation sites is 1. The molecule has 1 heterocycles. The van der Waals surface area contributed by atoms with E-state index in [2.05, 4.69) is 31.2 Å². The van der Waals surface area contributed by atoms with Crippen molar-refractivity contribution in [2.45, 2.75) is 19.8 Å². The van der Waals surface area contributed by atoms with E-state index in [1.807, 2.05) is 4.90 Å². The highest BCUT2D eigenvalue weighted by Crippen LogP contribution is 2.29. The summed E-state index contributed by atoms with van der Waals surface area (Å²) in [6.45, 7) is 3.11. The number of aryl methyl sites for hydroxylation is 2. The Bertz CT molecular complexity index is 360. The Morgan fingerprint density at radius 1 is 1.46 bits per heavy atom. The van der Waals surface area contributed by atoms with E-state index >= 15 is 0 Å². The van der Waals surface area contributed by atoms with Crippen LogP contribution in [-0.4, -0.2) is 6.54 Å². The van der Waals surface area contributed by atoms with Gasteiger partial charge in [0.2, 0.25) is 0 Å². The fourth-order valence-electron chi connectivity index (χ4n) is 1.98. The summed E-state index contributed by atoms with van der Waals surface area (Å²) in [5.74, 6) is 0. The predicted molar refractivity (Wildman–Crippen MR) is 55.7 cm³/mol. The average molecular weight is 171 g/mol. The molecular formula is C12H13N. The summed E-state index contributed by atoms with van der Waals surface area (Å²) in [7, 11) is 0. The molecule has 0 saturated heterocycles. The van der Waals surface area contributed by atoms with Gasteiger partial charge in [0.25, 0.3) is 0 Å². The lowest BCUT2D eigenvalue weighted by atomic mass is 9.99. The smallest absolute Gasteiger partial charge is 0.0550 e. The van der Waals surface area contributed by atoms with Gasteiger partial charge >= 0.3 is 0 Å². The number of nitrogens with zero attached hydrogens (tertiary/aromatic N) is 1. The lowest BCUT2D eigenvalue weighted by molar-refractivity contribution is 0.769. The molecule has 0 fully saturated rings. The normalized spacial score (nSPS) is 14.9. The third-order valence-electron chi connectivity index (χ3n) is 2.57. The molecule has 0 N–H and O–H groups in total. The molecule has 1 aliphatic rings. The summed E-state index contributed by atoms with van der Waals surface area (Å²) in [6, 6.07) is 9.13. The van der Waals surface area contributed by atoms with Gasteiger partial charge in [-0.15, -0.1) is 0 Å². The highest BCUT2D eigenvalue weighted by atomic mass is 15.1. The molecule has 0 atom stereocenters. The van der Waals surface area contributed by atoms with Crippen molar-refractivity contribution < 1.29 is 0 Å². The van der Waals surface area contributed by atoms with Crippen LogP contribution < -0.4 is 4.90 Å². The Hall–Kier alpha value is -1.42. The van der Waals surface area contributed by atoms with Crippen LogP contribution in [0.15, 0.2) is 18.2 Å². The van der Waals surface area contributed by atoms with Crippen LogP contribution in [0.25, 0.3) is 0 Å². The van der Waals surface area contributed by atoms with Crippen molar-refractivity contribution in [3.63, 3.8) is 0 Å². The summed E-state index contributed by atoms with van der Waals surface area (Å²) in [4.78, 5) is 2.02. The van der Waals surface area contributed by atoms with E-state index in [1.54, 1.807) is 0 Å². The molecule has 0 radical (unpaired) electrons. The van der Waals surface area contributed by atoms with Crippen molar-refractivity contribution in [3.05, 3.63) is 29.3 Å². The van der Waals surface area contributed by atoms with Crippen molar-refractivity contribution in [1.82, 2.24) is 0 Å². The fraction of sp³-hybridized carbons (Fsp3) is 0.333. The van der Waals surface area contributed by atoms with Gasteiger partial charge < -0.3 is 4.90 Å². The van der Waals surface area contributed by atoms with Gasteiger partial charge in [-0.25, -0.2) is 0 Å². The molecule has 0 aromatic heterocycles. The Labute approximate surface area is 79.4 Å². The molecule has 0 spiro atoms. The Morgan fingerprint density at radius 2 is 2.31 bits per heavy atom. The minimum Gasteiger partial charge on any atom is -0.301 e. The molecule has 1 aromatic rings. The molecule has 1 heteroatoms. The number of hydrogen-bond acceptors (Lipinski definition) is 1. The molecule has 0 unspecified atom stereocenters. The lowest BCUT2D eigenvalue weighted by Gasteiger charge is -2.27. The van der Waals surface area contributed by atoms with Gasteiger partial charge in [0.15, 0.2) is 0 Å². The van der Waals surface area contributed by atoms with Crippen LogP contribution >= 0.6 is 0 Å². The van der Waals surface area contributed by atoms with Crippen molar-refractivity contribution >= 4 is 5.69 Å². The van der Waals surface area contributed by atoms with Gasteiger partial charge in [-0.3, -0.25) is 0 Å². The van der Waals surface area contributed by atoms with E-state index in [0.717, 1.165) is 13.0 Å². The van der Waals surface area contributed by atoms with Crippen LogP contribution in [0.2, 0.25) is 0 Å². The van der Waals surface area contributed by atoms with Gasteiger partial charge in [-0.05, 0) is 30.9 Å². The quantitative estimate of drug-likeness (QED) is 0.541. The molecular weight excluding hydrogens is 158 g/mol. The van der Waals surface area contributed by atoms with Crippen molar-refractivity contribution in [1.29, 1.82) is 0 Å². The van der Waals surface area contributed by atoms with Crippen LogP contribution in [0, 0.1) is 19.4 Å². The first-order valence-electron chi connectivity index (χ1n) is 4.65. The Kier molecular flexibility index (Phi) is 1.98. The zero-order chi connectivity index (χ0) is 9.26. The second-order valence-electron chi connectivity index (χ2n) is 3.47. The fourth-order valence-corrected chi connectivity index (χ4v) is 1.98. The third kappa shape index (κ3) is 1.29. The molecule has 0 saturated carbocycles. The maximum absolute atomic E-state index is 5.46. The minimum atomic E-state index is 0.994. The SMILES string of the molecule is C#CN1CCCc2cccc(C)c21. The topological polar surface area (TPSA) is 3.24 Å². The maximum atomic E-state index is 5.46. The molecule has 1 nitrogen and oxygen atoms in total. The van der Waals surface area contributed by atoms with E-state index in [0.29, 0.717) is 0 Å². The van der Waals surface area contributed by atoms with Crippen LogP contribution in [0.4, 0.5) is 5.69 Å². The molecule has 13 heavy (non-hydrogen) atoms. The Morgan fingerprint density at radius 3 is 3.08 bits per heavy atom. The molecule has 0 aliphatic carbocycles. The molecule has 0 amide bonds. The predicted octanol–water partition coefficient (Wildman–Crippen LogP) is 2.34. The van der Waals surface area contributed by atoms with Gasteiger partial charge in [0.05, 0.1) is 5.69 Å². The zero-order valence-electron chi connectivity index (χ0n) is 7.88. The van der Waals surface area contributed by atoms with Crippen LogP contribution in [-0.2, 0) is 6.42 Å². The van der Waals surface area contributed by atoms with Crippen LogP contribution in [0.5, 0.6) is 0 Å². The first-order valence-corrected chi connectivity index (χ1v) is 4.65. The summed E-state index contributed by atoms with van der Waals surface area (Å²) in [5.41, 5.74) is 3.94. The van der Waals surface area contributed by atoms with Crippen molar-refractivity contribution in [2.75, 3.05) is 11.4 Å². The number of fused-ring (bicyclic) bond motifs is 1. The monoisotopic (exact) mass is 171 g/mol. The molecule has 1 aromatic carbocycles. The van der Waals surface area contributed by atoms with Gasteiger partial charge in [-0.1, -0.05) is 24.6 Å². The van der Waals surface area contributed by atoms with Gasteiger partial charge in [-0.2, -0.15) is 0 Å². The number of terminal acetylenes is 1. The standard InChI is InChI=1S/C12H13N/c1-3-13-9-5-8-11-7-4-6-10(2)12(11)13/h1,4,6-7H,5,8-9H2,2H3.